The molecule has 0 radical (unpaired) electrons. The highest BCUT2D eigenvalue weighted by molar-refractivity contribution is 6.04. The summed E-state index contributed by atoms with van der Waals surface area (Å²) in [6.45, 7) is 3.99. The predicted octanol–water partition coefficient (Wildman–Crippen LogP) is -0.0641. The molecule has 0 spiro atoms. The standard InChI is InChI=1S/C12H22N4O3.ClH/c1-4-12(5-2,8-13)14-9(17)6-16-10(18)7-15(3)11(16)19;/h4-8,13H2,1-3H3,(H,14,17);1H. The molecule has 0 atom stereocenters. The Labute approximate surface area is 125 Å². The number of carbonyl (C=O) groups is 3. The zero-order chi connectivity index (χ0) is 14.6. The van der Waals surface area contributed by atoms with Crippen molar-refractivity contribution in [1.29, 1.82) is 0 Å². The van der Waals surface area contributed by atoms with Crippen LogP contribution in [0.25, 0.3) is 0 Å². The first-order chi connectivity index (χ1) is 8.89. The highest BCUT2D eigenvalue weighted by Crippen LogP contribution is 2.14. The molecule has 0 aliphatic carbocycles. The topological polar surface area (TPSA) is 95.7 Å². The number of rotatable bonds is 6. The molecule has 0 aromatic carbocycles. The average molecular weight is 307 g/mol. The fourth-order valence-corrected chi connectivity index (χ4v) is 2.07. The molecule has 0 unspecified atom stereocenters. The van der Waals surface area contributed by atoms with E-state index in [0.717, 1.165) is 4.90 Å². The predicted molar refractivity (Wildman–Crippen MR) is 77.5 cm³/mol. The lowest BCUT2D eigenvalue weighted by atomic mass is 9.93. The van der Waals surface area contributed by atoms with Crippen LogP contribution < -0.4 is 11.1 Å². The number of likely N-dealkylation sites (N-methyl/N-ethyl adjacent to an activating group) is 1. The van der Waals surface area contributed by atoms with Crippen molar-refractivity contribution in [2.75, 3.05) is 26.7 Å². The van der Waals surface area contributed by atoms with Crippen LogP contribution >= 0.6 is 12.4 Å². The van der Waals surface area contributed by atoms with Crippen molar-refractivity contribution in [2.45, 2.75) is 32.2 Å². The van der Waals surface area contributed by atoms with Gasteiger partial charge in [-0.2, -0.15) is 0 Å². The minimum atomic E-state index is -0.463. The molecule has 3 N–H and O–H groups in total. The van der Waals surface area contributed by atoms with Crippen LogP contribution in [0.3, 0.4) is 0 Å². The van der Waals surface area contributed by atoms with Gasteiger partial charge < -0.3 is 16.0 Å². The zero-order valence-corrected chi connectivity index (χ0v) is 13.0. The summed E-state index contributed by atoms with van der Waals surface area (Å²) >= 11 is 0. The molecule has 20 heavy (non-hydrogen) atoms. The Morgan fingerprint density at radius 1 is 1.35 bits per heavy atom. The third-order valence-electron chi connectivity index (χ3n) is 3.68. The number of nitrogens with two attached hydrogens (primary N) is 1. The van der Waals surface area contributed by atoms with Crippen molar-refractivity contribution in [3.05, 3.63) is 0 Å². The Kier molecular flexibility index (Phi) is 6.95. The number of nitrogens with zero attached hydrogens (tertiary/aromatic N) is 2. The normalized spacial score (nSPS) is 15.4. The molecule has 1 aliphatic rings. The second-order valence-corrected chi connectivity index (χ2v) is 4.86. The van der Waals surface area contributed by atoms with E-state index in [0.29, 0.717) is 19.4 Å². The Balaban J connectivity index is 0.00000361. The van der Waals surface area contributed by atoms with Gasteiger partial charge in [0.15, 0.2) is 0 Å². The van der Waals surface area contributed by atoms with Gasteiger partial charge in [0.1, 0.15) is 13.1 Å². The van der Waals surface area contributed by atoms with Crippen molar-refractivity contribution >= 4 is 30.3 Å². The number of urea groups is 1. The number of imide groups is 1. The quantitative estimate of drug-likeness (QED) is 0.672. The van der Waals surface area contributed by atoms with Gasteiger partial charge in [0.2, 0.25) is 5.91 Å². The molecule has 0 aromatic heterocycles. The maximum atomic E-state index is 12.0. The van der Waals surface area contributed by atoms with Gasteiger partial charge in [0, 0.05) is 13.6 Å². The summed E-state index contributed by atoms with van der Waals surface area (Å²) in [6, 6.07) is -0.438. The number of hydrogen-bond donors (Lipinski definition) is 2. The van der Waals surface area contributed by atoms with Crippen molar-refractivity contribution in [1.82, 2.24) is 15.1 Å². The maximum Gasteiger partial charge on any atom is 0.327 e. The average Bonchev–Trinajstić information content (AvgIpc) is 2.63. The Morgan fingerprint density at radius 2 is 1.90 bits per heavy atom. The Morgan fingerprint density at radius 3 is 2.25 bits per heavy atom. The van der Waals surface area contributed by atoms with Crippen LogP contribution in [0.2, 0.25) is 0 Å². The highest BCUT2D eigenvalue weighted by Gasteiger charge is 2.36. The van der Waals surface area contributed by atoms with Crippen LogP contribution in [0.15, 0.2) is 0 Å². The van der Waals surface area contributed by atoms with Gasteiger partial charge in [-0.15, -0.1) is 12.4 Å². The molecule has 8 heteroatoms. The van der Waals surface area contributed by atoms with Crippen LogP contribution in [0, 0.1) is 0 Å². The summed E-state index contributed by atoms with van der Waals surface area (Å²) in [5.41, 5.74) is 5.23. The van der Waals surface area contributed by atoms with E-state index in [1.54, 1.807) is 0 Å². The molecule has 7 nitrogen and oxygen atoms in total. The monoisotopic (exact) mass is 306 g/mol. The lowest BCUT2D eigenvalue weighted by molar-refractivity contribution is -0.131. The molecule has 1 aliphatic heterocycles. The first-order valence-electron chi connectivity index (χ1n) is 6.45. The van der Waals surface area contributed by atoms with E-state index >= 15 is 0 Å². The van der Waals surface area contributed by atoms with Crippen LogP contribution in [-0.2, 0) is 9.59 Å². The molecular weight excluding hydrogens is 284 g/mol. The van der Waals surface area contributed by atoms with E-state index in [2.05, 4.69) is 5.32 Å². The van der Waals surface area contributed by atoms with Gasteiger partial charge in [0.05, 0.1) is 5.54 Å². The molecule has 4 amide bonds. The Hall–Kier alpha value is -1.34. The van der Waals surface area contributed by atoms with Gasteiger partial charge in [-0.05, 0) is 12.8 Å². The lowest BCUT2D eigenvalue weighted by Crippen LogP contribution is -2.55. The summed E-state index contributed by atoms with van der Waals surface area (Å²) in [7, 11) is 1.53. The first kappa shape index (κ1) is 18.7. The second kappa shape index (κ2) is 7.44. The van der Waals surface area contributed by atoms with Gasteiger partial charge in [0.25, 0.3) is 5.91 Å². The van der Waals surface area contributed by atoms with E-state index in [1.807, 2.05) is 13.8 Å². The molecule has 0 aromatic rings. The van der Waals surface area contributed by atoms with Gasteiger partial charge in [-0.3, -0.25) is 14.5 Å². The number of halogens is 1. The van der Waals surface area contributed by atoms with Gasteiger partial charge >= 0.3 is 6.03 Å². The summed E-state index contributed by atoms with van der Waals surface area (Å²) < 4.78 is 0. The second-order valence-electron chi connectivity index (χ2n) is 4.86. The minimum absolute atomic E-state index is 0. The minimum Gasteiger partial charge on any atom is -0.348 e. The summed E-state index contributed by atoms with van der Waals surface area (Å²) in [6.07, 6.45) is 1.40. The zero-order valence-electron chi connectivity index (χ0n) is 12.1. The fraction of sp³-hybridized carbons (Fsp3) is 0.750. The smallest absolute Gasteiger partial charge is 0.327 e. The molecule has 1 heterocycles. The molecule has 0 bridgehead atoms. The number of hydrogen-bond acceptors (Lipinski definition) is 4. The highest BCUT2D eigenvalue weighted by atomic mass is 35.5. The molecule has 116 valence electrons. The number of nitrogens with one attached hydrogen (secondary N) is 1. The van der Waals surface area contributed by atoms with E-state index in [1.165, 1.54) is 11.9 Å². The lowest BCUT2D eigenvalue weighted by Gasteiger charge is -2.32. The molecular formula is C12H23ClN4O3. The van der Waals surface area contributed by atoms with Crippen molar-refractivity contribution in [3.8, 4) is 0 Å². The van der Waals surface area contributed by atoms with Gasteiger partial charge in [-0.25, -0.2) is 4.79 Å². The fourth-order valence-electron chi connectivity index (χ4n) is 2.07. The van der Waals surface area contributed by atoms with E-state index < -0.39 is 11.6 Å². The SMILES string of the molecule is CCC(CC)(CN)NC(=O)CN1C(=O)CN(C)C1=O.Cl. The van der Waals surface area contributed by atoms with E-state index in [9.17, 15) is 14.4 Å². The Bertz CT molecular complexity index is 377. The summed E-state index contributed by atoms with van der Waals surface area (Å²) in [4.78, 5) is 37.4. The van der Waals surface area contributed by atoms with E-state index in [-0.39, 0.29) is 37.3 Å². The summed E-state index contributed by atoms with van der Waals surface area (Å²) in [5, 5.41) is 2.83. The number of carbonyl (C=O) groups excluding carboxylic acids is 3. The van der Waals surface area contributed by atoms with Crippen LogP contribution in [0.5, 0.6) is 0 Å². The van der Waals surface area contributed by atoms with Crippen molar-refractivity contribution in [2.24, 2.45) is 5.73 Å². The largest absolute Gasteiger partial charge is 0.348 e. The van der Waals surface area contributed by atoms with Crippen LogP contribution in [0.1, 0.15) is 26.7 Å². The summed E-state index contributed by atoms with van der Waals surface area (Å²) in [5.74, 6) is -0.708. The molecule has 1 saturated heterocycles. The maximum absolute atomic E-state index is 12.0. The van der Waals surface area contributed by atoms with E-state index in [4.69, 9.17) is 5.73 Å². The third kappa shape index (κ3) is 3.83. The van der Waals surface area contributed by atoms with Gasteiger partial charge in [-0.1, -0.05) is 13.8 Å². The van der Waals surface area contributed by atoms with Crippen molar-refractivity contribution in [3.63, 3.8) is 0 Å². The van der Waals surface area contributed by atoms with Crippen LogP contribution in [-0.4, -0.2) is 59.9 Å². The first-order valence-corrected chi connectivity index (χ1v) is 6.45. The third-order valence-corrected chi connectivity index (χ3v) is 3.68. The molecule has 1 rings (SSSR count). The molecule has 0 saturated carbocycles. The van der Waals surface area contributed by atoms with Crippen molar-refractivity contribution < 1.29 is 14.4 Å². The molecule has 1 fully saturated rings. The number of amides is 4. The van der Waals surface area contributed by atoms with Crippen LogP contribution in [0.4, 0.5) is 4.79 Å².